The van der Waals surface area contributed by atoms with Gasteiger partial charge in [-0.25, -0.2) is 8.78 Å². The third-order valence-electron chi connectivity index (χ3n) is 4.36. The van der Waals surface area contributed by atoms with Gasteiger partial charge in [0.05, 0.1) is 18.4 Å². The van der Waals surface area contributed by atoms with Gasteiger partial charge in [-0.1, -0.05) is 0 Å². The fourth-order valence-corrected chi connectivity index (χ4v) is 3.16. The Kier molecular flexibility index (Phi) is 5.63. The van der Waals surface area contributed by atoms with Crippen LogP contribution in [0, 0.1) is 11.6 Å². The van der Waals surface area contributed by atoms with Gasteiger partial charge in [0.2, 0.25) is 5.91 Å². The lowest BCUT2D eigenvalue weighted by atomic mass is 10.2. The minimum atomic E-state index is -0.594. The zero-order valence-electron chi connectivity index (χ0n) is 13.5. The predicted molar refractivity (Wildman–Crippen MR) is 84.9 cm³/mol. The number of hydrogen-bond donors (Lipinski definition) is 1. The number of carbonyl (C=O) groups excluding carboxylic acids is 1. The van der Waals surface area contributed by atoms with Crippen molar-refractivity contribution in [2.75, 3.05) is 37.8 Å². The number of nitrogens with zero attached hydrogens (tertiary/aromatic N) is 1. The van der Waals surface area contributed by atoms with Crippen molar-refractivity contribution in [1.82, 2.24) is 5.32 Å². The summed E-state index contributed by atoms with van der Waals surface area (Å²) in [5.41, 5.74) is 0.364. The van der Waals surface area contributed by atoms with Crippen LogP contribution in [0.4, 0.5) is 14.5 Å². The molecule has 5 nitrogen and oxygen atoms in total. The van der Waals surface area contributed by atoms with E-state index in [4.69, 9.17) is 9.47 Å². The van der Waals surface area contributed by atoms with Crippen molar-refractivity contribution >= 4 is 11.6 Å². The van der Waals surface area contributed by atoms with Gasteiger partial charge < -0.3 is 19.7 Å². The first-order chi connectivity index (χ1) is 11.6. The van der Waals surface area contributed by atoms with Crippen molar-refractivity contribution in [2.24, 2.45) is 0 Å². The van der Waals surface area contributed by atoms with Crippen LogP contribution >= 0.6 is 0 Å². The summed E-state index contributed by atoms with van der Waals surface area (Å²) in [6.07, 6.45) is 2.83. The number of amides is 1. The maximum Gasteiger partial charge on any atom is 0.246 e. The molecule has 3 rings (SSSR count). The van der Waals surface area contributed by atoms with Crippen molar-refractivity contribution in [3.05, 3.63) is 29.8 Å². The number of nitrogens with one attached hydrogen (secondary N) is 1. The van der Waals surface area contributed by atoms with Crippen molar-refractivity contribution in [1.29, 1.82) is 0 Å². The van der Waals surface area contributed by atoms with Crippen molar-refractivity contribution < 1.29 is 23.0 Å². The summed E-state index contributed by atoms with van der Waals surface area (Å²) in [5.74, 6) is -1.36. The Morgan fingerprint density at radius 2 is 2.25 bits per heavy atom. The van der Waals surface area contributed by atoms with E-state index in [1.807, 2.05) is 4.90 Å². The van der Waals surface area contributed by atoms with Gasteiger partial charge in [0.25, 0.3) is 0 Å². The zero-order valence-corrected chi connectivity index (χ0v) is 13.5. The minimum Gasteiger partial charge on any atom is -0.376 e. The largest absolute Gasteiger partial charge is 0.376 e. The van der Waals surface area contributed by atoms with E-state index >= 15 is 0 Å². The number of carbonyl (C=O) groups is 1. The van der Waals surface area contributed by atoms with E-state index in [0.717, 1.165) is 25.5 Å². The first kappa shape index (κ1) is 17.1. The second-order valence-corrected chi connectivity index (χ2v) is 6.25. The lowest BCUT2D eigenvalue weighted by Gasteiger charge is -2.19. The molecule has 0 unspecified atom stereocenters. The quantitative estimate of drug-likeness (QED) is 0.859. The van der Waals surface area contributed by atoms with Gasteiger partial charge in [0, 0.05) is 31.8 Å². The summed E-state index contributed by atoms with van der Waals surface area (Å²) in [7, 11) is 0. The second-order valence-electron chi connectivity index (χ2n) is 6.25. The van der Waals surface area contributed by atoms with Crippen LogP contribution in [0.1, 0.15) is 19.3 Å². The van der Waals surface area contributed by atoms with Crippen molar-refractivity contribution in [3.63, 3.8) is 0 Å². The van der Waals surface area contributed by atoms with Crippen LogP contribution < -0.4 is 10.2 Å². The van der Waals surface area contributed by atoms with Gasteiger partial charge in [0.15, 0.2) is 0 Å². The molecular formula is C17H22F2N2O3. The summed E-state index contributed by atoms with van der Waals surface area (Å²) < 4.78 is 37.6. The van der Waals surface area contributed by atoms with E-state index in [0.29, 0.717) is 31.8 Å². The van der Waals surface area contributed by atoms with Gasteiger partial charge in [0.1, 0.15) is 18.2 Å². The molecule has 1 amide bonds. The van der Waals surface area contributed by atoms with Crippen LogP contribution in [-0.2, 0) is 14.3 Å². The fraction of sp³-hybridized carbons (Fsp3) is 0.588. The van der Waals surface area contributed by atoms with Crippen molar-refractivity contribution in [2.45, 2.75) is 31.4 Å². The standard InChI is InChI=1S/C17H22F2N2O3/c18-12-3-4-16(15(19)8-12)21-6-5-13(9-21)20-17(22)11-23-10-14-2-1-7-24-14/h3-4,8,13-14H,1-2,5-7,9-11H2,(H,20,22)/t13-,14+/m1/s1. The SMILES string of the molecule is O=C(COC[C@@H]1CCCO1)N[C@@H]1CCN(c2ccc(F)cc2F)C1. The third-order valence-corrected chi connectivity index (χ3v) is 4.36. The van der Waals surface area contributed by atoms with E-state index in [2.05, 4.69) is 5.32 Å². The van der Waals surface area contributed by atoms with Crippen LogP contribution in [0.2, 0.25) is 0 Å². The number of rotatable bonds is 6. The lowest BCUT2D eigenvalue weighted by Crippen LogP contribution is -2.39. The van der Waals surface area contributed by atoms with Gasteiger partial charge in [-0.2, -0.15) is 0 Å². The average molecular weight is 340 g/mol. The molecule has 2 saturated heterocycles. The molecule has 1 aromatic rings. The van der Waals surface area contributed by atoms with Crippen LogP contribution in [-0.4, -0.2) is 51.0 Å². The molecule has 0 radical (unpaired) electrons. The Morgan fingerprint density at radius 1 is 1.38 bits per heavy atom. The highest BCUT2D eigenvalue weighted by Gasteiger charge is 2.26. The molecule has 0 spiro atoms. The Hall–Kier alpha value is -1.73. The molecule has 2 fully saturated rings. The van der Waals surface area contributed by atoms with E-state index in [1.54, 1.807) is 0 Å². The maximum atomic E-state index is 13.8. The summed E-state index contributed by atoms with van der Waals surface area (Å²) >= 11 is 0. The van der Waals surface area contributed by atoms with Crippen LogP contribution in [0.5, 0.6) is 0 Å². The van der Waals surface area contributed by atoms with E-state index < -0.39 is 11.6 Å². The predicted octanol–water partition coefficient (Wildman–Crippen LogP) is 1.86. The molecule has 2 aliphatic rings. The van der Waals surface area contributed by atoms with Gasteiger partial charge in [-0.05, 0) is 31.4 Å². The molecule has 2 atom stereocenters. The highest BCUT2D eigenvalue weighted by atomic mass is 19.1. The smallest absolute Gasteiger partial charge is 0.246 e. The topological polar surface area (TPSA) is 50.8 Å². The molecule has 2 heterocycles. The molecule has 132 valence electrons. The van der Waals surface area contributed by atoms with E-state index in [1.165, 1.54) is 12.1 Å². The summed E-state index contributed by atoms with van der Waals surface area (Å²) in [6.45, 7) is 2.31. The third kappa shape index (κ3) is 4.42. The minimum absolute atomic E-state index is 0.00126. The molecule has 2 aliphatic heterocycles. The number of anilines is 1. The average Bonchev–Trinajstić information content (AvgIpc) is 3.19. The number of hydrogen-bond acceptors (Lipinski definition) is 4. The van der Waals surface area contributed by atoms with E-state index in [-0.39, 0.29) is 24.7 Å². The van der Waals surface area contributed by atoms with Gasteiger partial charge >= 0.3 is 0 Å². The Morgan fingerprint density at radius 3 is 3.00 bits per heavy atom. The number of halogens is 2. The first-order valence-electron chi connectivity index (χ1n) is 8.30. The lowest BCUT2D eigenvalue weighted by molar-refractivity contribution is -0.127. The van der Waals surface area contributed by atoms with Gasteiger partial charge in [-0.15, -0.1) is 0 Å². The molecule has 0 aliphatic carbocycles. The Bertz CT molecular complexity index is 579. The summed E-state index contributed by atoms with van der Waals surface area (Å²) in [5, 5.41) is 2.89. The van der Waals surface area contributed by atoms with Crippen LogP contribution in [0.15, 0.2) is 18.2 Å². The molecular weight excluding hydrogens is 318 g/mol. The molecule has 0 saturated carbocycles. The number of benzene rings is 1. The Labute approximate surface area is 139 Å². The molecule has 0 aromatic heterocycles. The number of ether oxygens (including phenoxy) is 2. The summed E-state index contributed by atoms with van der Waals surface area (Å²) in [6, 6.07) is 3.48. The van der Waals surface area contributed by atoms with Gasteiger partial charge in [-0.3, -0.25) is 4.79 Å². The fourth-order valence-electron chi connectivity index (χ4n) is 3.16. The Balaban J connectivity index is 1.41. The van der Waals surface area contributed by atoms with Crippen molar-refractivity contribution in [3.8, 4) is 0 Å². The van der Waals surface area contributed by atoms with Crippen LogP contribution in [0.25, 0.3) is 0 Å². The maximum absolute atomic E-state index is 13.8. The second kappa shape index (κ2) is 7.90. The molecule has 1 aromatic carbocycles. The highest BCUT2D eigenvalue weighted by Crippen LogP contribution is 2.24. The monoisotopic (exact) mass is 340 g/mol. The van der Waals surface area contributed by atoms with Crippen LogP contribution in [0.3, 0.4) is 0 Å². The highest BCUT2D eigenvalue weighted by molar-refractivity contribution is 5.77. The molecule has 7 heteroatoms. The molecule has 24 heavy (non-hydrogen) atoms. The zero-order chi connectivity index (χ0) is 16.9. The normalized spacial score (nSPS) is 23.7. The molecule has 1 N–H and O–H groups in total. The summed E-state index contributed by atoms with van der Waals surface area (Å²) in [4.78, 5) is 13.7. The molecule has 0 bridgehead atoms. The van der Waals surface area contributed by atoms with E-state index in [9.17, 15) is 13.6 Å². The first-order valence-corrected chi connectivity index (χ1v) is 8.30.